The molecule has 0 spiro atoms. The van der Waals surface area contributed by atoms with E-state index >= 15 is 0 Å². The summed E-state index contributed by atoms with van der Waals surface area (Å²) in [5, 5.41) is 2.60. The van der Waals surface area contributed by atoms with Gasteiger partial charge in [0.25, 0.3) is 0 Å². The highest BCUT2D eigenvalue weighted by molar-refractivity contribution is 7.22. The molecule has 114 valence electrons. The molecule has 0 atom stereocenters. The van der Waals surface area contributed by atoms with Crippen LogP contribution in [0.4, 0.5) is 23.1 Å². The van der Waals surface area contributed by atoms with Crippen LogP contribution >= 0.6 is 11.3 Å². The van der Waals surface area contributed by atoms with E-state index in [1.165, 1.54) is 6.07 Å². The quantitative estimate of drug-likeness (QED) is 0.832. The van der Waals surface area contributed by atoms with E-state index in [2.05, 4.69) is 10.3 Å². The van der Waals surface area contributed by atoms with Gasteiger partial charge in [-0.1, -0.05) is 11.3 Å². The maximum Gasteiger partial charge on any atom is 0.416 e. The molecule has 1 amide bonds. The zero-order chi connectivity index (χ0) is 15.8. The minimum absolute atomic E-state index is 0.193. The molecule has 1 heterocycles. The van der Waals surface area contributed by atoms with E-state index < -0.39 is 23.4 Å². The van der Waals surface area contributed by atoms with E-state index in [9.17, 15) is 18.0 Å². The Morgan fingerprint density at radius 2 is 1.95 bits per heavy atom. The Morgan fingerprint density at radius 3 is 2.52 bits per heavy atom. The Kier molecular flexibility index (Phi) is 3.83. The molecule has 0 unspecified atom stereocenters. The number of thiazole rings is 1. The summed E-state index contributed by atoms with van der Waals surface area (Å²) in [4.78, 5) is 15.6. The molecular weight excluding hydrogens is 305 g/mol. The topological polar surface area (TPSA) is 51.2 Å². The van der Waals surface area contributed by atoms with Crippen molar-refractivity contribution >= 4 is 32.8 Å². The van der Waals surface area contributed by atoms with Gasteiger partial charge in [-0.25, -0.2) is 9.78 Å². The molecule has 0 radical (unpaired) electrons. The molecule has 1 N–H and O–H groups in total. The molecule has 1 aromatic heterocycles. The molecule has 0 saturated carbocycles. The number of ether oxygens (including phenoxy) is 1. The summed E-state index contributed by atoms with van der Waals surface area (Å²) in [5.41, 5.74) is -1.02. The average molecular weight is 318 g/mol. The van der Waals surface area contributed by atoms with Crippen molar-refractivity contribution in [3.63, 3.8) is 0 Å². The Bertz CT molecular complexity index is 674. The second kappa shape index (κ2) is 5.18. The van der Waals surface area contributed by atoms with Crippen molar-refractivity contribution < 1.29 is 22.7 Å². The van der Waals surface area contributed by atoms with Gasteiger partial charge in [-0.3, -0.25) is 5.32 Å². The smallest absolute Gasteiger partial charge is 0.416 e. The van der Waals surface area contributed by atoms with Gasteiger partial charge in [0.15, 0.2) is 5.13 Å². The molecule has 21 heavy (non-hydrogen) atoms. The molecule has 8 heteroatoms. The number of halogens is 3. The summed E-state index contributed by atoms with van der Waals surface area (Å²) < 4.78 is 43.2. The number of carbonyl (C=O) groups excluding carboxylic acids is 1. The van der Waals surface area contributed by atoms with Crippen molar-refractivity contribution in [3.8, 4) is 0 Å². The number of aromatic nitrogens is 1. The van der Waals surface area contributed by atoms with Crippen molar-refractivity contribution in [1.29, 1.82) is 0 Å². The molecule has 2 rings (SSSR count). The number of hydrogen-bond donors (Lipinski definition) is 1. The molecule has 4 nitrogen and oxygen atoms in total. The fourth-order valence-corrected chi connectivity index (χ4v) is 2.44. The first-order chi connectivity index (χ1) is 9.54. The molecule has 0 aliphatic heterocycles. The van der Waals surface area contributed by atoms with Gasteiger partial charge in [0.1, 0.15) is 5.60 Å². The van der Waals surface area contributed by atoms with Crippen LogP contribution in [-0.4, -0.2) is 16.7 Å². The van der Waals surface area contributed by atoms with Crippen molar-refractivity contribution in [1.82, 2.24) is 4.98 Å². The molecule has 0 saturated heterocycles. The predicted molar refractivity (Wildman–Crippen MR) is 74.5 cm³/mol. The number of nitrogens with one attached hydrogen (secondary N) is 1. The molecule has 0 fully saturated rings. The predicted octanol–water partition coefficient (Wildman–Crippen LogP) is 4.66. The lowest BCUT2D eigenvalue weighted by Gasteiger charge is -2.18. The van der Waals surface area contributed by atoms with E-state index in [0.29, 0.717) is 10.2 Å². The van der Waals surface area contributed by atoms with Crippen LogP contribution in [0.3, 0.4) is 0 Å². The molecule has 0 aliphatic carbocycles. The summed E-state index contributed by atoms with van der Waals surface area (Å²) in [7, 11) is 0. The molecule has 0 bridgehead atoms. The first-order valence-corrected chi connectivity index (χ1v) is 6.84. The zero-order valence-electron chi connectivity index (χ0n) is 11.5. The van der Waals surface area contributed by atoms with Crippen LogP contribution < -0.4 is 5.32 Å². The SMILES string of the molecule is CC(C)(C)OC(=O)Nc1nc2ccc(C(F)(F)F)cc2s1. The highest BCUT2D eigenvalue weighted by Crippen LogP contribution is 2.34. The highest BCUT2D eigenvalue weighted by Gasteiger charge is 2.30. The lowest BCUT2D eigenvalue weighted by molar-refractivity contribution is -0.137. The fourth-order valence-electron chi connectivity index (χ4n) is 1.55. The first kappa shape index (κ1) is 15.6. The number of nitrogens with zero attached hydrogens (tertiary/aromatic N) is 1. The monoisotopic (exact) mass is 318 g/mol. The Hall–Kier alpha value is -1.83. The third-order valence-corrected chi connectivity index (χ3v) is 3.26. The van der Waals surface area contributed by atoms with Crippen LogP contribution in [0.1, 0.15) is 26.3 Å². The van der Waals surface area contributed by atoms with Gasteiger partial charge < -0.3 is 4.74 Å². The molecular formula is C13H13F3N2O2S. The maximum atomic E-state index is 12.6. The Labute approximate surface area is 122 Å². The van der Waals surface area contributed by atoms with Crippen molar-refractivity contribution in [2.24, 2.45) is 0 Å². The minimum Gasteiger partial charge on any atom is -0.444 e. The van der Waals surface area contributed by atoms with E-state index in [1.54, 1.807) is 20.8 Å². The van der Waals surface area contributed by atoms with Gasteiger partial charge >= 0.3 is 12.3 Å². The van der Waals surface area contributed by atoms with Gasteiger partial charge in [0.2, 0.25) is 0 Å². The third kappa shape index (κ3) is 4.07. The Balaban J connectivity index is 2.21. The number of amides is 1. The lowest BCUT2D eigenvalue weighted by atomic mass is 10.2. The first-order valence-electron chi connectivity index (χ1n) is 6.02. The summed E-state index contributed by atoms with van der Waals surface area (Å²) in [5.74, 6) is 0. The van der Waals surface area contributed by atoms with Crippen molar-refractivity contribution in [2.45, 2.75) is 32.5 Å². The van der Waals surface area contributed by atoms with Gasteiger partial charge in [-0.2, -0.15) is 13.2 Å². The van der Waals surface area contributed by atoms with Gasteiger partial charge in [0, 0.05) is 0 Å². The normalized spacial score (nSPS) is 12.5. The summed E-state index contributed by atoms with van der Waals surface area (Å²) in [6.07, 6.45) is -5.10. The largest absolute Gasteiger partial charge is 0.444 e. The number of fused-ring (bicyclic) bond motifs is 1. The van der Waals surface area contributed by atoms with Crippen LogP contribution in [0.2, 0.25) is 0 Å². The van der Waals surface area contributed by atoms with E-state index in [4.69, 9.17) is 4.74 Å². The number of benzene rings is 1. The van der Waals surface area contributed by atoms with Gasteiger partial charge in [-0.05, 0) is 39.0 Å². The van der Waals surface area contributed by atoms with E-state index in [1.807, 2.05) is 0 Å². The number of hydrogen-bond acceptors (Lipinski definition) is 4. The van der Waals surface area contributed by atoms with Crippen molar-refractivity contribution in [3.05, 3.63) is 23.8 Å². The van der Waals surface area contributed by atoms with Crippen LogP contribution in [-0.2, 0) is 10.9 Å². The Morgan fingerprint density at radius 1 is 1.29 bits per heavy atom. The van der Waals surface area contributed by atoms with Crippen LogP contribution in [0.15, 0.2) is 18.2 Å². The third-order valence-electron chi connectivity index (χ3n) is 2.32. The summed E-state index contributed by atoms with van der Waals surface area (Å²) in [6.45, 7) is 5.13. The molecule has 1 aromatic carbocycles. The van der Waals surface area contributed by atoms with Gasteiger partial charge in [-0.15, -0.1) is 0 Å². The second-order valence-corrected chi connectivity index (χ2v) is 6.36. The lowest BCUT2D eigenvalue weighted by Crippen LogP contribution is -2.27. The number of anilines is 1. The van der Waals surface area contributed by atoms with E-state index in [-0.39, 0.29) is 5.13 Å². The summed E-state index contributed by atoms with van der Waals surface area (Å²) >= 11 is 0.959. The second-order valence-electron chi connectivity index (χ2n) is 5.33. The zero-order valence-corrected chi connectivity index (χ0v) is 12.4. The van der Waals surface area contributed by atoms with Crippen LogP contribution in [0.25, 0.3) is 10.2 Å². The van der Waals surface area contributed by atoms with Gasteiger partial charge in [0.05, 0.1) is 15.8 Å². The van der Waals surface area contributed by atoms with E-state index in [0.717, 1.165) is 23.5 Å². The number of rotatable bonds is 1. The number of alkyl halides is 3. The minimum atomic E-state index is -4.41. The highest BCUT2D eigenvalue weighted by atomic mass is 32.1. The maximum absolute atomic E-state index is 12.6. The number of carbonyl (C=O) groups is 1. The molecule has 0 aliphatic rings. The van der Waals surface area contributed by atoms with Crippen LogP contribution in [0.5, 0.6) is 0 Å². The van der Waals surface area contributed by atoms with Crippen LogP contribution in [0, 0.1) is 0 Å². The average Bonchev–Trinajstić information content (AvgIpc) is 2.65. The fraction of sp³-hybridized carbons (Fsp3) is 0.385. The summed E-state index contributed by atoms with van der Waals surface area (Å²) in [6, 6.07) is 3.24. The van der Waals surface area contributed by atoms with Crippen molar-refractivity contribution in [2.75, 3.05) is 5.32 Å². The standard InChI is InChI=1S/C13H13F3N2O2S/c1-12(2,3)20-11(19)18-10-17-8-5-4-7(13(14,15)16)6-9(8)21-10/h4-6H,1-3H3,(H,17,18,19). The molecule has 2 aromatic rings.